The molecule has 1 saturated carbocycles. The maximum atomic E-state index is 10.6. The van der Waals surface area contributed by atoms with Crippen molar-refractivity contribution in [3.8, 4) is 0 Å². The van der Waals surface area contributed by atoms with Crippen molar-refractivity contribution in [1.29, 1.82) is 0 Å². The fourth-order valence-corrected chi connectivity index (χ4v) is 2.88. The van der Waals surface area contributed by atoms with Gasteiger partial charge in [-0.15, -0.1) is 0 Å². The molecule has 4 N–H and O–H groups in total. The number of rotatable bonds is 4. The van der Waals surface area contributed by atoms with E-state index in [9.17, 15) is 5.11 Å². The van der Waals surface area contributed by atoms with Gasteiger partial charge in [-0.1, -0.05) is 32.6 Å². The van der Waals surface area contributed by atoms with Crippen LogP contribution in [0.5, 0.6) is 0 Å². The van der Waals surface area contributed by atoms with Crippen LogP contribution in [0.1, 0.15) is 51.1 Å². The molecule has 1 aromatic heterocycles. The highest BCUT2D eigenvalue weighted by Gasteiger charge is 2.28. The van der Waals surface area contributed by atoms with Crippen molar-refractivity contribution in [1.82, 2.24) is 9.78 Å². The quantitative estimate of drug-likeness (QED) is 0.729. The summed E-state index contributed by atoms with van der Waals surface area (Å²) in [7, 11) is 1.88. The van der Waals surface area contributed by atoms with Gasteiger partial charge in [0.25, 0.3) is 0 Å². The molecule has 0 spiro atoms. The molecule has 0 bridgehead atoms. The molecule has 0 amide bonds. The number of nitrogen functional groups attached to an aromatic ring is 1. The Balaban J connectivity index is 2.03. The molecule has 1 aliphatic rings. The number of hydrogen-bond donors (Lipinski definition) is 3. The molecule has 5 heteroatoms. The zero-order valence-electron chi connectivity index (χ0n) is 12.1. The zero-order valence-corrected chi connectivity index (χ0v) is 12.1. The SMILES string of the molecule is CCc1nn(C)c(NCC2(O)CCCCCC2)c1N. The Hall–Kier alpha value is -1.23. The van der Waals surface area contributed by atoms with Gasteiger partial charge in [0.15, 0.2) is 0 Å². The number of anilines is 2. The highest BCUT2D eigenvalue weighted by Crippen LogP contribution is 2.29. The third-order valence-corrected chi connectivity index (χ3v) is 4.11. The van der Waals surface area contributed by atoms with E-state index in [0.29, 0.717) is 12.2 Å². The van der Waals surface area contributed by atoms with Crippen molar-refractivity contribution in [2.75, 3.05) is 17.6 Å². The van der Waals surface area contributed by atoms with Crippen LogP contribution < -0.4 is 11.1 Å². The summed E-state index contributed by atoms with van der Waals surface area (Å²) in [5.74, 6) is 0.828. The van der Waals surface area contributed by atoms with Crippen molar-refractivity contribution >= 4 is 11.5 Å². The zero-order chi connectivity index (χ0) is 13.9. The number of aliphatic hydroxyl groups is 1. The molecule has 1 aliphatic carbocycles. The molecule has 1 heterocycles. The Kier molecular flexibility index (Phi) is 4.34. The van der Waals surface area contributed by atoms with E-state index >= 15 is 0 Å². The number of nitrogens with two attached hydrogens (primary N) is 1. The first-order chi connectivity index (χ1) is 9.06. The molecule has 19 heavy (non-hydrogen) atoms. The second-order valence-electron chi connectivity index (χ2n) is 5.68. The topological polar surface area (TPSA) is 76.1 Å². The van der Waals surface area contributed by atoms with Gasteiger partial charge in [-0.3, -0.25) is 4.68 Å². The summed E-state index contributed by atoms with van der Waals surface area (Å²) in [4.78, 5) is 0. The van der Waals surface area contributed by atoms with Crippen LogP contribution in [0.3, 0.4) is 0 Å². The number of hydrogen-bond acceptors (Lipinski definition) is 4. The minimum atomic E-state index is -0.598. The lowest BCUT2D eigenvalue weighted by Crippen LogP contribution is -2.36. The van der Waals surface area contributed by atoms with Crippen molar-refractivity contribution in [2.24, 2.45) is 7.05 Å². The molecule has 0 radical (unpaired) electrons. The summed E-state index contributed by atoms with van der Waals surface area (Å²) in [5.41, 5.74) is 7.10. The van der Waals surface area contributed by atoms with Gasteiger partial charge in [-0.2, -0.15) is 5.10 Å². The van der Waals surface area contributed by atoms with Gasteiger partial charge in [0.2, 0.25) is 0 Å². The van der Waals surface area contributed by atoms with E-state index in [4.69, 9.17) is 5.73 Å². The highest BCUT2D eigenvalue weighted by molar-refractivity contribution is 5.65. The van der Waals surface area contributed by atoms with E-state index in [2.05, 4.69) is 10.4 Å². The molecule has 0 saturated heterocycles. The van der Waals surface area contributed by atoms with Gasteiger partial charge >= 0.3 is 0 Å². The van der Waals surface area contributed by atoms with Gasteiger partial charge < -0.3 is 16.2 Å². The summed E-state index contributed by atoms with van der Waals surface area (Å²) in [6.45, 7) is 2.60. The molecule has 0 aliphatic heterocycles. The van der Waals surface area contributed by atoms with Crippen LogP contribution in [0, 0.1) is 0 Å². The third-order valence-electron chi connectivity index (χ3n) is 4.11. The van der Waals surface area contributed by atoms with Crippen molar-refractivity contribution < 1.29 is 5.11 Å². The average Bonchev–Trinajstić information content (AvgIpc) is 2.55. The predicted molar refractivity (Wildman–Crippen MR) is 78.1 cm³/mol. The Morgan fingerprint density at radius 1 is 1.32 bits per heavy atom. The summed E-state index contributed by atoms with van der Waals surface area (Å²) < 4.78 is 1.77. The van der Waals surface area contributed by atoms with Gasteiger partial charge in [0.1, 0.15) is 5.82 Å². The summed E-state index contributed by atoms with van der Waals surface area (Å²) in [6.07, 6.45) is 7.26. The predicted octanol–water partition coefficient (Wildman–Crippen LogP) is 2.06. The van der Waals surface area contributed by atoms with Crippen LogP contribution in [-0.2, 0) is 13.5 Å². The third kappa shape index (κ3) is 3.21. The van der Waals surface area contributed by atoms with Crippen LogP contribution in [0.2, 0.25) is 0 Å². The average molecular weight is 266 g/mol. The van der Waals surface area contributed by atoms with Gasteiger partial charge in [-0.25, -0.2) is 0 Å². The van der Waals surface area contributed by atoms with E-state index in [-0.39, 0.29) is 0 Å². The molecule has 0 unspecified atom stereocenters. The highest BCUT2D eigenvalue weighted by atomic mass is 16.3. The molecule has 5 nitrogen and oxygen atoms in total. The van der Waals surface area contributed by atoms with Crippen LogP contribution in [0.15, 0.2) is 0 Å². The Bertz CT molecular complexity index is 419. The second-order valence-corrected chi connectivity index (χ2v) is 5.68. The minimum absolute atomic E-state index is 0.555. The molecule has 2 rings (SSSR count). The van der Waals surface area contributed by atoms with E-state index in [0.717, 1.165) is 43.6 Å². The summed E-state index contributed by atoms with van der Waals surface area (Å²) in [6, 6.07) is 0. The molecular weight excluding hydrogens is 240 g/mol. The van der Waals surface area contributed by atoms with Crippen LogP contribution in [0.4, 0.5) is 11.5 Å². The fourth-order valence-electron chi connectivity index (χ4n) is 2.88. The number of aromatic nitrogens is 2. The standard InChI is InChI=1S/C14H26N4O/c1-3-11-12(15)13(18(2)17-11)16-10-14(19)8-6-4-5-7-9-14/h16,19H,3-10,15H2,1-2H3. The van der Waals surface area contributed by atoms with E-state index in [1.54, 1.807) is 4.68 Å². The monoisotopic (exact) mass is 266 g/mol. The molecule has 108 valence electrons. The number of nitrogens with one attached hydrogen (secondary N) is 1. The normalized spacial score (nSPS) is 19.1. The summed E-state index contributed by atoms with van der Waals surface area (Å²) in [5, 5.41) is 18.3. The van der Waals surface area contributed by atoms with Crippen LogP contribution in [0.25, 0.3) is 0 Å². The van der Waals surface area contributed by atoms with Gasteiger partial charge in [0, 0.05) is 13.6 Å². The first-order valence-corrected chi connectivity index (χ1v) is 7.33. The van der Waals surface area contributed by atoms with E-state index in [1.165, 1.54) is 12.8 Å². The van der Waals surface area contributed by atoms with E-state index in [1.807, 2.05) is 14.0 Å². The molecule has 0 atom stereocenters. The number of nitrogens with zero attached hydrogens (tertiary/aromatic N) is 2. The first-order valence-electron chi connectivity index (χ1n) is 7.33. The van der Waals surface area contributed by atoms with Crippen molar-refractivity contribution in [3.63, 3.8) is 0 Å². The lowest BCUT2D eigenvalue weighted by molar-refractivity contribution is 0.0380. The van der Waals surface area contributed by atoms with Gasteiger partial charge in [-0.05, 0) is 19.3 Å². The molecule has 1 aromatic rings. The van der Waals surface area contributed by atoms with Gasteiger partial charge in [0.05, 0.1) is 17.0 Å². The molecular formula is C14H26N4O. The fraction of sp³-hybridized carbons (Fsp3) is 0.786. The smallest absolute Gasteiger partial charge is 0.147 e. The van der Waals surface area contributed by atoms with Crippen molar-refractivity contribution in [2.45, 2.75) is 57.5 Å². The van der Waals surface area contributed by atoms with E-state index < -0.39 is 5.60 Å². The van der Waals surface area contributed by atoms with Crippen LogP contribution in [-0.4, -0.2) is 27.0 Å². The first kappa shape index (κ1) is 14.2. The van der Waals surface area contributed by atoms with Crippen molar-refractivity contribution in [3.05, 3.63) is 5.69 Å². The molecule has 1 fully saturated rings. The number of aryl methyl sites for hydroxylation is 2. The van der Waals surface area contributed by atoms with Crippen LogP contribution >= 0.6 is 0 Å². The lowest BCUT2D eigenvalue weighted by atomic mass is 9.94. The molecule has 0 aromatic carbocycles. The summed E-state index contributed by atoms with van der Waals surface area (Å²) >= 11 is 0. The Morgan fingerprint density at radius 2 is 1.95 bits per heavy atom. The second kappa shape index (κ2) is 5.82. The Morgan fingerprint density at radius 3 is 2.47 bits per heavy atom. The lowest BCUT2D eigenvalue weighted by Gasteiger charge is -2.27. The largest absolute Gasteiger partial charge is 0.394 e. The minimum Gasteiger partial charge on any atom is -0.394 e. The Labute approximate surface area is 115 Å². The maximum absolute atomic E-state index is 10.6. The maximum Gasteiger partial charge on any atom is 0.147 e.